The lowest BCUT2D eigenvalue weighted by Crippen LogP contribution is -1.86. The molecule has 0 radical (unpaired) electrons. The van der Waals surface area contributed by atoms with Crippen LogP contribution in [0.4, 0.5) is 0 Å². The van der Waals surface area contributed by atoms with Crippen LogP contribution in [0.15, 0.2) is 35.5 Å². The lowest BCUT2D eigenvalue weighted by molar-refractivity contribution is 0.322. The molecule has 0 saturated carbocycles. The second kappa shape index (κ2) is 6.52. The number of hydrogen-bond acceptors (Lipinski definition) is 4. The zero-order valence-corrected chi connectivity index (χ0v) is 10.1. The van der Waals surface area contributed by atoms with E-state index in [1.165, 1.54) is 11.8 Å². The fraction of sp³-hybridized carbons (Fsp3) is 0.200. The van der Waals surface area contributed by atoms with E-state index < -0.39 is 0 Å². The Hall–Kier alpha value is -1.04. The molecule has 0 saturated heterocycles. The van der Waals surface area contributed by atoms with Gasteiger partial charge in [0.05, 0.1) is 6.61 Å². The molecule has 0 spiro atoms. The summed E-state index contributed by atoms with van der Waals surface area (Å²) >= 11 is 1.43. The number of aromatic amines is 1. The monoisotopic (exact) mass is 257 g/mol. The SMILES string of the molecule is Cl.OCCSc1n[nH]c(-c2ccccc2)n1. The Balaban J connectivity index is 0.00000128. The maximum atomic E-state index is 8.66. The van der Waals surface area contributed by atoms with Gasteiger partial charge in [-0.2, -0.15) is 0 Å². The van der Waals surface area contributed by atoms with E-state index in [9.17, 15) is 0 Å². The third-order valence-corrected chi connectivity index (χ3v) is 2.66. The first-order valence-corrected chi connectivity index (χ1v) is 5.60. The zero-order chi connectivity index (χ0) is 10.5. The smallest absolute Gasteiger partial charge is 0.208 e. The molecule has 1 aromatic carbocycles. The molecule has 1 aromatic heterocycles. The summed E-state index contributed by atoms with van der Waals surface area (Å²) in [7, 11) is 0. The topological polar surface area (TPSA) is 61.8 Å². The Morgan fingerprint density at radius 3 is 2.69 bits per heavy atom. The molecule has 4 nitrogen and oxygen atoms in total. The third-order valence-electron chi connectivity index (χ3n) is 1.83. The van der Waals surface area contributed by atoms with Gasteiger partial charge in [-0.15, -0.1) is 17.5 Å². The van der Waals surface area contributed by atoms with Crippen molar-refractivity contribution < 1.29 is 5.11 Å². The van der Waals surface area contributed by atoms with Gasteiger partial charge in [-0.25, -0.2) is 4.98 Å². The fourth-order valence-electron chi connectivity index (χ4n) is 1.17. The van der Waals surface area contributed by atoms with Gasteiger partial charge in [0.1, 0.15) is 0 Å². The van der Waals surface area contributed by atoms with Crippen LogP contribution in [-0.2, 0) is 0 Å². The number of H-pyrrole nitrogens is 1. The van der Waals surface area contributed by atoms with E-state index in [-0.39, 0.29) is 19.0 Å². The van der Waals surface area contributed by atoms with Crippen LogP contribution >= 0.6 is 24.2 Å². The van der Waals surface area contributed by atoms with Gasteiger partial charge in [0.15, 0.2) is 5.82 Å². The Morgan fingerprint density at radius 2 is 2.00 bits per heavy atom. The standard InChI is InChI=1S/C10H11N3OS.ClH/c14-6-7-15-10-11-9(12-13-10)8-4-2-1-3-5-8;/h1-5,14H,6-7H2,(H,11,12,13);1H. The molecule has 1 heterocycles. The summed E-state index contributed by atoms with van der Waals surface area (Å²) < 4.78 is 0. The molecule has 0 aliphatic heterocycles. The minimum Gasteiger partial charge on any atom is -0.396 e. The second-order valence-electron chi connectivity index (χ2n) is 2.90. The highest BCUT2D eigenvalue weighted by atomic mass is 35.5. The molecule has 0 unspecified atom stereocenters. The number of benzene rings is 1. The van der Waals surface area contributed by atoms with Crippen molar-refractivity contribution in [1.29, 1.82) is 0 Å². The maximum absolute atomic E-state index is 8.66. The van der Waals surface area contributed by atoms with E-state index in [0.29, 0.717) is 10.9 Å². The summed E-state index contributed by atoms with van der Waals surface area (Å²) in [5.41, 5.74) is 1.01. The molecule has 2 N–H and O–H groups in total. The van der Waals surface area contributed by atoms with Crippen LogP contribution in [0.5, 0.6) is 0 Å². The van der Waals surface area contributed by atoms with Crippen LogP contribution in [0.25, 0.3) is 11.4 Å². The molecule has 86 valence electrons. The van der Waals surface area contributed by atoms with Crippen molar-refractivity contribution in [2.75, 3.05) is 12.4 Å². The maximum Gasteiger partial charge on any atom is 0.208 e. The van der Waals surface area contributed by atoms with E-state index >= 15 is 0 Å². The molecule has 0 aliphatic carbocycles. The van der Waals surface area contributed by atoms with Crippen LogP contribution in [0.2, 0.25) is 0 Å². The predicted octanol–water partition coefficient (Wildman–Crippen LogP) is 1.98. The molecule has 2 aromatic rings. The molecule has 0 aliphatic rings. The molecule has 0 amide bonds. The summed E-state index contributed by atoms with van der Waals surface area (Å²) in [4.78, 5) is 4.30. The largest absolute Gasteiger partial charge is 0.396 e. The first-order chi connectivity index (χ1) is 7.40. The molecule has 0 fully saturated rings. The van der Waals surface area contributed by atoms with Crippen molar-refractivity contribution in [2.24, 2.45) is 0 Å². The van der Waals surface area contributed by atoms with E-state index in [1.54, 1.807) is 0 Å². The van der Waals surface area contributed by atoms with E-state index in [4.69, 9.17) is 5.11 Å². The number of nitrogens with one attached hydrogen (secondary N) is 1. The van der Waals surface area contributed by atoms with Gasteiger partial charge >= 0.3 is 0 Å². The Labute approximate surface area is 104 Å². The van der Waals surface area contributed by atoms with E-state index in [1.807, 2.05) is 30.3 Å². The Bertz CT molecular complexity index is 421. The highest BCUT2D eigenvalue weighted by molar-refractivity contribution is 7.99. The van der Waals surface area contributed by atoms with Crippen LogP contribution < -0.4 is 0 Å². The molecule has 2 rings (SSSR count). The molecular weight excluding hydrogens is 246 g/mol. The van der Waals surface area contributed by atoms with E-state index in [0.717, 1.165) is 11.4 Å². The number of hydrogen-bond donors (Lipinski definition) is 2. The van der Waals surface area contributed by atoms with Crippen LogP contribution in [0.3, 0.4) is 0 Å². The predicted molar refractivity (Wildman–Crippen MR) is 66.9 cm³/mol. The minimum absolute atomic E-state index is 0. The Kier molecular flexibility index (Phi) is 5.31. The summed E-state index contributed by atoms with van der Waals surface area (Å²) in [6.07, 6.45) is 0. The summed E-state index contributed by atoms with van der Waals surface area (Å²) in [5, 5.41) is 16.2. The molecular formula is C10H12ClN3OS. The first-order valence-electron chi connectivity index (χ1n) is 4.61. The van der Waals surface area contributed by atoms with Gasteiger partial charge in [0.25, 0.3) is 0 Å². The van der Waals surface area contributed by atoms with Gasteiger partial charge in [0, 0.05) is 11.3 Å². The van der Waals surface area contributed by atoms with Crippen molar-refractivity contribution in [1.82, 2.24) is 15.2 Å². The zero-order valence-electron chi connectivity index (χ0n) is 8.46. The van der Waals surface area contributed by atoms with Crippen LogP contribution in [0, 0.1) is 0 Å². The Morgan fingerprint density at radius 1 is 1.25 bits per heavy atom. The lowest BCUT2D eigenvalue weighted by atomic mass is 10.2. The van der Waals surface area contributed by atoms with Gasteiger partial charge in [-0.3, -0.25) is 5.10 Å². The van der Waals surface area contributed by atoms with Crippen molar-refractivity contribution in [2.45, 2.75) is 5.16 Å². The fourth-order valence-corrected chi connectivity index (χ4v) is 1.71. The summed E-state index contributed by atoms with van der Waals surface area (Å²) in [6, 6.07) is 9.82. The highest BCUT2D eigenvalue weighted by Crippen LogP contribution is 2.18. The number of aliphatic hydroxyl groups excluding tert-OH is 1. The van der Waals surface area contributed by atoms with Crippen LogP contribution in [0.1, 0.15) is 0 Å². The van der Waals surface area contributed by atoms with Crippen molar-refractivity contribution in [3.8, 4) is 11.4 Å². The third kappa shape index (κ3) is 3.23. The first kappa shape index (κ1) is 13.0. The van der Waals surface area contributed by atoms with Gasteiger partial charge < -0.3 is 5.11 Å². The van der Waals surface area contributed by atoms with Gasteiger partial charge in [-0.05, 0) is 0 Å². The average Bonchev–Trinajstić information content (AvgIpc) is 2.76. The van der Waals surface area contributed by atoms with Gasteiger partial charge in [0.2, 0.25) is 5.16 Å². The number of thioether (sulfide) groups is 1. The van der Waals surface area contributed by atoms with E-state index in [2.05, 4.69) is 15.2 Å². The summed E-state index contributed by atoms with van der Waals surface area (Å²) in [6.45, 7) is 0.139. The molecule has 0 bridgehead atoms. The lowest BCUT2D eigenvalue weighted by Gasteiger charge is -1.92. The number of rotatable bonds is 4. The quantitative estimate of drug-likeness (QED) is 0.823. The second-order valence-corrected chi connectivity index (χ2v) is 3.97. The number of aromatic nitrogens is 3. The molecule has 6 heteroatoms. The normalized spacial score (nSPS) is 9.81. The van der Waals surface area contributed by atoms with Crippen molar-refractivity contribution in [3.63, 3.8) is 0 Å². The van der Waals surface area contributed by atoms with Gasteiger partial charge in [-0.1, -0.05) is 42.1 Å². The highest BCUT2D eigenvalue weighted by Gasteiger charge is 2.04. The number of aliphatic hydroxyl groups is 1. The van der Waals surface area contributed by atoms with Crippen LogP contribution in [-0.4, -0.2) is 32.6 Å². The number of nitrogens with zero attached hydrogens (tertiary/aromatic N) is 2. The minimum atomic E-state index is 0. The molecule has 16 heavy (non-hydrogen) atoms. The summed E-state index contributed by atoms with van der Waals surface area (Å²) in [5.74, 6) is 1.38. The van der Waals surface area contributed by atoms with Crippen molar-refractivity contribution >= 4 is 24.2 Å². The number of halogens is 1. The molecule has 0 atom stereocenters. The average molecular weight is 258 g/mol. The van der Waals surface area contributed by atoms with Crippen molar-refractivity contribution in [3.05, 3.63) is 30.3 Å².